The van der Waals surface area contributed by atoms with Crippen LogP contribution in [-0.4, -0.2) is 12.6 Å². The zero-order chi connectivity index (χ0) is 14.4. The second-order valence-electron chi connectivity index (χ2n) is 4.14. The van der Waals surface area contributed by atoms with Gasteiger partial charge in [-0.15, -0.1) is 0 Å². The number of hydrogen-bond donors (Lipinski definition) is 0. The summed E-state index contributed by atoms with van der Waals surface area (Å²) in [5.74, 6) is -1.81. The summed E-state index contributed by atoms with van der Waals surface area (Å²) in [4.78, 5) is 11.7. The van der Waals surface area contributed by atoms with Gasteiger partial charge in [-0.25, -0.2) is 4.79 Å². The Labute approximate surface area is 117 Å². The van der Waals surface area contributed by atoms with Crippen LogP contribution < -0.4 is 0 Å². The van der Waals surface area contributed by atoms with Crippen LogP contribution in [0.15, 0.2) is 66.5 Å². The summed E-state index contributed by atoms with van der Waals surface area (Å²) in [5.41, 5.74) is 1.54. The Morgan fingerprint density at radius 2 is 1.40 bits per heavy atom. The molecule has 0 radical (unpaired) electrons. The molecule has 2 aromatic rings. The highest BCUT2D eigenvalue weighted by Gasteiger charge is 2.19. The van der Waals surface area contributed by atoms with Crippen molar-refractivity contribution in [2.24, 2.45) is 0 Å². The summed E-state index contributed by atoms with van der Waals surface area (Å²) >= 11 is 0. The molecule has 0 aliphatic heterocycles. The fraction of sp³-hybridized carbons (Fsp3) is 0.118. The first-order valence-electron chi connectivity index (χ1n) is 6.41. The van der Waals surface area contributed by atoms with Gasteiger partial charge in [0, 0.05) is 5.57 Å². The lowest BCUT2D eigenvalue weighted by Crippen LogP contribution is -2.07. The van der Waals surface area contributed by atoms with E-state index in [2.05, 4.69) is 0 Å². The normalized spacial score (nSPS) is 9.90. The Kier molecular flexibility index (Phi) is 4.66. The zero-order valence-electron chi connectivity index (χ0n) is 11.2. The summed E-state index contributed by atoms with van der Waals surface area (Å²) < 4.78 is 19.2. The van der Waals surface area contributed by atoms with Gasteiger partial charge in [0.05, 0.1) is 6.61 Å². The van der Waals surface area contributed by atoms with Gasteiger partial charge in [0.1, 0.15) is 0 Å². The Morgan fingerprint density at radius 1 is 0.950 bits per heavy atom. The maximum Gasteiger partial charge on any atom is 0.367 e. The van der Waals surface area contributed by atoms with Crippen molar-refractivity contribution in [1.29, 1.82) is 0 Å². The first-order valence-corrected chi connectivity index (χ1v) is 6.41. The SMILES string of the molecule is CCOC(=O)[13C](F)=C(c1ccccc1)c1ccccc1. The lowest BCUT2D eigenvalue weighted by molar-refractivity contribution is -0.140. The van der Waals surface area contributed by atoms with Crippen molar-refractivity contribution in [3.8, 4) is 0 Å². The van der Waals surface area contributed by atoms with E-state index < -0.39 is 11.8 Å². The second-order valence-corrected chi connectivity index (χ2v) is 4.14. The van der Waals surface area contributed by atoms with Crippen molar-refractivity contribution < 1.29 is 13.9 Å². The van der Waals surface area contributed by atoms with Crippen LogP contribution in [0.4, 0.5) is 4.39 Å². The molecule has 0 saturated carbocycles. The molecule has 2 rings (SSSR count). The van der Waals surface area contributed by atoms with Crippen LogP contribution in [0.1, 0.15) is 18.1 Å². The van der Waals surface area contributed by atoms with Crippen LogP contribution in [0.2, 0.25) is 0 Å². The molecule has 0 saturated heterocycles. The summed E-state index contributed by atoms with van der Waals surface area (Å²) in [6.07, 6.45) is 0. The molecule has 0 atom stereocenters. The van der Waals surface area contributed by atoms with Crippen LogP contribution in [0, 0.1) is 0 Å². The number of hydrogen-bond acceptors (Lipinski definition) is 2. The molecular weight excluding hydrogens is 256 g/mol. The number of rotatable bonds is 4. The fourth-order valence-corrected chi connectivity index (χ4v) is 1.93. The van der Waals surface area contributed by atoms with Gasteiger partial charge >= 0.3 is 5.97 Å². The molecule has 0 aliphatic rings. The van der Waals surface area contributed by atoms with Crippen molar-refractivity contribution in [2.75, 3.05) is 6.61 Å². The standard InChI is InChI=1S/C17H15FO2/c1-2-20-17(19)16(18)15(13-9-5-3-6-10-13)14-11-7-4-8-12-14/h3-12H,2H2,1H3/i16+1. The maximum atomic E-state index is 14.4. The third kappa shape index (κ3) is 3.12. The van der Waals surface area contributed by atoms with Crippen LogP contribution in [-0.2, 0) is 9.53 Å². The van der Waals surface area contributed by atoms with Gasteiger partial charge in [-0.3, -0.25) is 0 Å². The van der Waals surface area contributed by atoms with E-state index in [9.17, 15) is 9.18 Å². The number of ether oxygens (including phenoxy) is 1. The molecule has 2 aromatic carbocycles. The number of carbonyl (C=O) groups excluding carboxylic acids is 1. The first kappa shape index (κ1) is 14.0. The van der Waals surface area contributed by atoms with E-state index in [0.29, 0.717) is 11.1 Å². The minimum atomic E-state index is -0.935. The molecule has 0 fully saturated rings. The minimum Gasteiger partial charge on any atom is -0.461 e. The molecule has 0 N–H and O–H groups in total. The number of esters is 1. The van der Waals surface area contributed by atoms with Crippen molar-refractivity contribution in [1.82, 2.24) is 0 Å². The molecule has 0 amide bonds. The lowest BCUT2D eigenvalue weighted by atomic mass is 10.0. The number of benzene rings is 2. The zero-order valence-corrected chi connectivity index (χ0v) is 11.2. The molecule has 20 heavy (non-hydrogen) atoms. The van der Waals surface area contributed by atoms with Gasteiger partial charge in [0.2, 0.25) is 5.83 Å². The summed E-state index contributed by atoms with van der Waals surface area (Å²) in [5, 5.41) is 0. The Hall–Kier alpha value is -2.42. The van der Waals surface area contributed by atoms with Gasteiger partial charge in [-0.05, 0) is 18.1 Å². The second kappa shape index (κ2) is 6.66. The molecule has 0 unspecified atom stereocenters. The van der Waals surface area contributed by atoms with Crippen molar-refractivity contribution in [3.05, 3.63) is 77.6 Å². The van der Waals surface area contributed by atoms with E-state index in [-0.39, 0.29) is 12.2 Å². The molecule has 0 aliphatic carbocycles. The average molecular weight is 271 g/mol. The Balaban J connectivity index is 2.56. The van der Waals surface area contributed by atoms with E-state index in [1.807, 2.05) is 12.1 Å². The van der Waals surface area contributed by atoms with E-state index in [1.165, 1.54) is 0 Å². The minimum absolute atomic E-state index is 0.142. The Morgan fingerprint density at radius 3 is 1.80 bits per heavy atom. The van der Waals surface area contributed by atoms with E-state index >= 15 is 0 Å². The smallest absolute Gasteiger partial charge is 0.367 e. The summed E-state index contributed by atoms with van der Waals surface area (Å²) in [7, 11) is 0. The molecule has 102 valence electrons. The van der Waals surface area contributed by atoms with Crippen LogP contribution in [0.25, 0.3) is 5.57 Å². The average Bonchev–Trinajstić information content (AvgIpc) is 2.50. The van der Waals surface area contributed by atoms with E-state index in [0.717, 1.165) is 0 Å². The molecule has 0 heterocycles. The summed E-state index contributed by atoms with van der Waals surface area (Å²) in [6.45, 7) is 1.79. The van der Waals surface area contributed by atoms with Crippen LogP contribution >= 0.6 is 0 Å². The number of halogens is 1. The van der Waals surface area contributed by atoms with Crippen molar-refractivity contribution in [3.63, 3.8) is 0 Å². The molecule has 0 aromatic heterocycles. The van der Waals surface area contributed by atoms with Gasteiger partial charge < -0.3 is 4.74 Å². The van der Waals surface area contributed by atoms with Crippen LogP contribution in [0.3, 0.4) is 0 Å². The first-order chi connectivity index (χ1) is 9.74. The predicted molar refractivity (Wildman–Crippen MR) is 76.6 cm³/mol. The van der Waals surface area contributed by atoms with E-state index in [1.54, 1.807) is 55.5 Å². The Bertz CT molecular complexity index is 562. The van der Waals surface area contributed by atoms with Gasteiger partial charge in [0.25, 0.3) is 0 Å². The third-order valence-electron chi connectivity index (χ3n) is 2.80. The van der Waals surface area contributed by atoms with Gasteiger partial charge in [-0.2, -0.15) is 4.39 Å². The monoisotopic (exact) mass is 271 g/mol. The molecule has 0 spiro atoms. The molecule has 3 heteroatoms. The van der Waals surface area contributed by atoms with Gasteiger partial charge in [0.15, 0.2) is 0 Å². The number of carbonyl (C=O) groups is 1. The van der Waals surface area contributed by atoms with E-state index in [4.69, 9.17) is 4.74 Å². The molecule has 0 bridgehead atoms. The predicted octanol–water partition coefficient (Wildman–Crippen LogP) is 3.98. The highest BCUT2D eigenvalue weighted by Crippen LogP contribution is 2.28. The van der Waals surface area contributed by atoms with Crippen molar-refractivity contribution >= 4 is 11.5 Å². The van der Waals surface area contributed by atoms with Crippen LogP contribution in [0.5, 0.6) is 0 Å². The third-order valence-corrected chi connectivity index (χ3v) is 2.80. The summed E-state index contributed by atoms with van der Waals surface area (Å²) in [6, 6.07) is 18.0. The maximum absolute atomic E-state index is 14.4. The lowest BCUT2D eigenvalue weighted by Gasteiger charge is -2.10. The quantitative estimate of drug-likeness (QED) is 0.477. The van der Waals surface area contributed by atoms with Crippen molar-refractivity contribution in [2.45, 2.75) is 6.92 Å². The highest BCUT2D eigenvalue weighted by atomic mass is 19.2. The van der Waals surface area contributed by atoms with Gasteiger partial charge in [-0.1, -0.05) is 60.7 Å². The fourth-order valence-electron chi connectivity index (χ4n) is 1.93. The molecular formula is C17H15FO2. The largest absolute Gasteiger partial charge is 0.461 e. The highest BCUT2D eigenvalue weighted by molar-refractivity contribution is 5.99. The molecule has 2 nitrogen and oxygen atoms in total. The topological polar surface area (TPSA) is 26.3 Å².